The third kappa shape index (κ3) is 2.31. The van der Waals surface area contributed by atoms with Crippen LogP contribution in [-0.4, -0.2) is 29.9 Å². The van der Waals surface area contributed by atoms with Crippen LogP contribution in [-0.2, 0) is 4.79 Å². The maximum atomic E-state index is 13.9. The van der Waals surface area contributed by atoms with Crippen LogP contribution in [0.4, 0.5) is 4.39 Å². The lowest BCUT2D eigenvalue weighted by Crippen LogP contribution is -2.40. The van der Waals surface area contributed by atoms with Gasteiger partial charge in [-0.2, -0.15) is 0 Å². The average molecular weight is 297 g/mol. The van der Waals surface area contributed by atoms with Crippen molar-refractivity contribution in [3.8, 4) is 0 Å². The second-order valence-corrected chi connectivity index (χ2v) is 6.05. The van der Waals surface area contributed by atoms with E-state index < -0.39 is 0 Å². The highest BCUT2D eigenvalue weighted by atomic mass is 35.5. The van der Waals surface area contributed by atoms with Gasteiger partial charge in [-0.3, -0.25) is 4.79 Å². The lowest BCUT2D eigenvalue weighted by molar-refractivity contribution is -0.133. The number of likely N-dealkylation sites (tertiary alicyclic amines) is 1. The van der Waals surface area contributed by atoms with Crippen molar-refractivity contribution in [3.63, 3.8) is 0 Å². The van der Waals surface area contributed by atoms with Gasteiger partial charge in [-0.15, -0.1) is 0 Å². The van der Waals surface area contributed by atoms with Gasteiger partial charge in [0, 0.05) is 41.6 Å². The molecule has 1 aromatic rings. The first-order valence-corrected chi connectivity index (χ1v) is 7.45. The smallest absolute Gasteiger partial charge is 0.226 e. The molecule has 1 aliphatic carbocycles. The number of nitrogens with two attached hydrogens (primary N) is 1. The molecule has 0 unspecified atom stereocenters. The van der Waals surface area contributed by atoms with Gasteiger partial charge in [-0.25, -0.2) is 4.39 Å². The van der Waals surface area contributed by atoms with Crippen molar-refractivity contribution in [2.75, 3.05) is 13.1 Å². The Labute approximate surface area is 122 Å². The summed E-state index contributed by atoms with van der Waals surface area (Å²) in [5, 5.41) is 0.419. The minimum atomic E-state index is -0.311. The standard InChI is InChI=1S/C15H18ClFN2O/c16-12-4-1-5-13(17)14(12)10-7-11(10)15(20)19-6-2-3-9(19)8-18/h1,4-5,9-11H,2-3,6-8,18H2/t9-,10+,11-/m0/s1. The topological polar surface area (TPSA) is 46.3 Å². The fourth-order valence-electron chi connectivity index (χ4n) is 3.24. The van der Waals surface area contributed by atoms with Crippen LogP contribution in [0.3, 0.4) is 0 Å². The molecule has 3 atom stereocenters. The predicted octanol–water partition coefficient (Wildman–Crippen LogP) is 2.53. The van der Waals surface area contributed by atoms with Crippen LogP contribution in [0.5, 0.6) is 0 Å². The first-order valence-electron chi connectivity index (χ1n) is 7.08. The monoisotopic (exact) mass is 296 g/mol. The molecule has 0 bridgehead atoms. The van der Waals surface area contributed by atoms with E-state index in [0.29, 0.717) is 23.6 Å². The zero-order valence-electron chi connectivity index (χ0n) is 11.2. The number of nitrogens with zero attached hydrogens (tertiary/aromatic N) is 1. The SMILES string of the molecule is NC[C@@H]1CCCN1C(=O)[C@H]1C[C@H]1c1c(F)cccc1Cl. The summed E-state index contributed by atoms with van der Waals surface area (Å²) in [5.41, 5.74) is 6.20. The number of amides is 1. The molecule has 3 rings (SSSR count). The molecule has 1 amide bonds. The van der Waals surface area contributed by atoms with Crippen molar-refractivity contribution in [1.82, 2.24) is 4.90 Å². The highest BCUT2D eigenvalue weighted by Gasteiger charge is 2.49. The van der Waals surface area contributed by atoms with E-state index in [0.717, 1.165) is 19.4 Å². The molecule has 0 radical (unpaired) electrons. The van der Waals surface area contributed by atoms with Gasteiger partial charge in [-0.1, -0.05) is 17.7 Å². The molecule has 3 nitrogen and oxygen atoms in total. The van der Waals surface area contributed by atoms with Gasteiger partial charge in [0.2, 0.25) is 5.91 Å². The Morgan fingerprint density at radius 2 is 2.30 bits per heavy atom. The first-order chi connectivity index (χ1) is 9.63. The molecule has 2 fully saturated rings. The molecule has 0 spiro atoms. The Hall–Kier alpha value is -1.13. The summed E-state index contributed by atoms with van der Waals surface area (Å²) in [6.45, 7) is 1.28. The minimum Gasteiger partial charge on any atom is -0.338 e. The summed E-state index contributed by atoms with van der Waals surface area (Å²) in [6.07, 6.45) is 2.67. The lowest BCUT2D eigenvalue weighted by atomic mass is 10.1. The van der Waals surface area contributed by atoms with Crippen LogP contribution in [0.25, 0.3) is 0 Å². The van der Waals surface area contributed by atoms with Crippen LogP contribution in [0.15, 0.2) is 18.2 Å². The summed E-state index contributed by atoms with van der Waals surface area (Å²) in [6, 6.07) is 4.82. The second-order valence-electron chi connectivity index (χ2n) is 5.65. The summed E-state index contributed by atoms with van der Waals surface area (Å²) in [5.74, 6) is -0.399. The highest BCUT2D eigenvalue weighted by molar-refractivity contribution is 6.31. The third-order valence-corrected chi connectivity index (χ3v) is 4.74. The number of benzene rings is 1. The van der Waals surface area contributed by atoms with Gasteiger partial charge in [0.25, 0.3) is 0 Å². The second kappa shape index (κ2) is 5.34. The van der Waals surface area contributed by atoms with Gasteiger partial charge in [0.05, 0.1) is 0 Å². The van der Waals surface area contributed by atoms with Crippen molar-refractivity contribution in [1.29, 1.82) is 0 Å². The van der Waals surface area contributed by atoms with Crippen LogP contribution >= 0.6 is 11.6 Å². The van der Waals surface area contributed by atoms with Gasteiger partial charge < -0.3 is 10.6 Å². The number of rotatable bonds is 3. The number of carbonyl (C=O) groups is 1. The van der Waals surface area contributed by atoms with Crippen molar-refractivity contribution in [2.24, 2.45) is 11.7 Å². The van der Waals surface area contributed by atoms with E-state index in [9.17, 15) is 9.18 Å². The Bertz CT molecular complexity index is 516. The Kier molecular flexibility index (Phi) is 3.69. The van der Waals surface area contributed by atoms with E-state index in [1.807, 2.05) is 4.90 Å². The van der Waals surface area contributed by atoms with Crippen molar-refractivity contribution in [2.45, 2.75) is 31.2 Å². The summed E-state index contributed by atoms with van der Waals surface area (Å²) in [7, 11) is 0. The van der Waals surface area contributed by atoms with Gasteiger partial charge in [0.15, 0.2) is 0 Å². The molecular formula is C15H18ClFN2O. The first kappa shape index (κ1) is 13.8. The van der Waals surface area contributed by atoms with Gasteiger partial charge >= 0.3 is 0 Å². The lowest BCUT2D eigenvalue weighted by Gasteiger charge is -2.23. The van der Waals surface area contributed by atoms with Crippen LogP contribution in [0.2, 0.25) is 5.02 Å². The third-order valence-electron chi connectivity index (χ3n) is 4.41. The molecular weight excluding hydrogens is 279 g/mol. The largest absolute Gasteiger partial charge is 0.338 e. The summed E-state index contributed by atoms with van der Waals surface area (Å²) in [4.78, 5) is 14.4. The Balaban J connectivity index is 1.74. The molecule has 1 aromatic carbocycles. The van der Waals surface area contributed by atoms with Crippen LogP contribution < -0.4 is 5.73 Å². The molecule has 1 saturated carbocycles. The predicted molar refractivity (Wildman–Crippen MR) is 76.0 cm³/mol. The van der Waals surface area contributed by atoms with Crippen molar-refractivity contribution >= 4 is 17.5 Å². The maximum absolute atomic E-state index is 13.9. The molecule has 2 N–H and O–H groups in total. The van der Waals surface area contributed by atoms with E-state index >= 15 is 0 Å². The van der Waals surface area contributed by atoms with E-state index in [1.54, 1.807) is 12.1 Å². The van der Waals surface area contributed by atoms with Gasteiger partial charge in [0.1, 0.15) is 5.82 Å². The summed E-state index contributed by atoms with van der Waals surface area (Å²) >= 11 is 6.07. The molecule has 1 heterocycles. The maximum Gasteiger partial charge on any atom is 0.226 e. The summed E-state index contributed by atoms with van der Waals surface area (Å²) < 4.78 is 13.9. The molecule has 2 aliphatic rings. The van der Waals surface area contributed by atoms with Crippen LogP contribution in [0.1, 0.15) is 30.7 Å². The van der Waals surface area contributed by atoms with E-state index in [-0.39, 0.29) is 29.6 Å². The molecule has 1 aliphatic heterocycles. The van der Waals surface area contributed by atoms with Crippen molar-refractivity contribution < 1.29 is 9.18 Å². The number of hydrogen-bond acceptors (Lipinski definition) is 2. The van der Waals surface area contributed by atoms with Crippen molar-refractivity contribution in [3.05, 3.63) is 34.6 Å². The zero-order valence-corrected chi connectivity index (χ0v) is 11.9. The number of carbonyl (C=O) groups excluding carboxylic acids is 1. The van der Waals surface area contributed by atoms with E-state index in [1.165, 1.54) is 6.07 Å². The quantitative estimate of drug-likeness (QED) is 0.932. The molecule has 0 aromatic heterocycles. The minimum absolute atomic E-state index is 0.0739. The fraction of sp³-hybridized carbons (Fsp3) is 0.533. The Morgan fingerprint density at radius 3 is 3.00 bits per heavy atom. The normalized spacial score (nSPS) is 28.8. The zero-order chi connectivity index (χ0) is 14.3. The van der Waals surface area contributed by atoms with E-state index in [4.69, 9.17) is 17.3 Å². The molecule has 20 heavy (non-hydrogen) atoms. The number of halogens is 2. The Morgan fingerprint density at radius 1 is 1.50 bits per heavy atom. The average Bonchev–Trinajstić information content (AvgIpc) is 3.05. The highest BCUT2D eigenvalue weighted by Crippen LogP contribution is 2.51. The molecule has 5 heteroatoms. The fourth-order valence-corrected chi connectivity index (χ4v) is 3.54. The molecule has 1 saturated heterocycles. The van der Waals surface area contributed by atoms with Crippen LogP contribution in [0, 0.1) is 11.7 Å². The number of hydrogen-bond donors (Lipinski definition) is 1. The van der Waals surface area contributed by atoms with E-state index in [2.05, 4.69) is 0 Å². The van der Waals surface area contributed by atoms with Gasteiger partial charge in [-0.05, 0) is 31.4 Å². The molecule has 108 valence electrons.